The first-order valence-corrected chi connectivity index (χ1v) is 18.2. The number of likely N-dealkylation sites (tertiary alicyclic amines) is 1. The number of nitrogens with zero attached hydrogens (tertiary/aromatic N) is 2. The van der Waals surface area contributed by atoms with Gasteiger partial charge < -0.3 is 29.9 Å². The van der Waals surface area contributed by atoms with Gasteiger partial charge >= 0.3 is 12.1 Å². The molecule has 0 unspecified atom stereocenters. The summed E-state index contributed by atoms with van der Waals surface area (Å²) < 4.78 is 52.5. The van der Waals surface area contributed by atoms with Crippen molar-refractivity contribution in [2.75, 3.05) is 20.1 Å². The van der Waals surface area contributed by atoms with Crippen LogP contribution < -0.4 is 5.32 Å². The highest BCUT2D eigenvalue weighted by molar-refractivity contribution is 5.90. The average Bonchev–Trinajstić information content (AvgIpc) is 3.69. The molecule has 12 heteroatoms. The van der Waals surface area contributed by atoms with Crippen LogP contribution in [0.2, 0.25) is 0 Å². The van der Waals surface area contributed by atoms with Crippen molar-refractivity contribution >= 4 is 11.8 Å². The molecule has 2 aliphatic rings. The first-order valence-electron chi connectivity index (χ1n) is 18.2. The highest BCUT2D eigenvalue weighted by Gasteiger charge is 2.47. The topological polar surface area (TPSA) is 112 Å². The fourth-order valence-corrected chi connectivity index (χ4v) is 7.21. The number of aliphatic hydroxyl groups excluding tert-OH is 2. The van der Waals surface area contributed by atoms with Crippen molar-refractivity contribution < 1.29 is 42.4 Å². The summed E-state index contributed by atoms with van der Waals surface area (Å²) in [6.45, 7) is 2.42. The molecule has 54 heavy (non-hydrogen) atoms. The number of alkyl halides is 3. The Bertz CT molecular complexity index is 1860. The Morgan fingerprint density at radius 1 is 0.926 bits per heavy atom. The Labute approximate surface area is 313 Å². The summed E-state index contributed by atoms with van der Waals surface area (Å²) in [5.74, 6) is -2.61. The maximum absolute atomic E-state index is 13.1. The lowest BCUT2D eigenvalue weighted by Gasteiger charge is -2.39. The Hall–Kier alpha value is -4.59. The van der Waals surface area contributed by atoms with Gasteiger partial charge in [0.1, 0.15) is 6.04 Å². The van der Waals surface area contributed by atoms with Gasteiger partial charge in [-0.1, -0.05) is 103 Å². The van der Waals surface area contributed by atoms with Gasteiger partial charge in [0.05, 0.1) is 24.9 Å². The van der Waals surface area contributed by atoms with Crippen molar-refractivity contribution in [2.24, 2.45) is 0 Å². The largest absolute Gasteiger partial charge is 0.471 e. The zero-order chi connectivity index (χ0) is 38.4. The van der Waals surface area contributed by atoms with Crippen LogP contribution in [0.3, 0.4) is 0 Å². The smallest absolute Gasteiger partial charge is 0.392 e. The van der Waals surface area contributed by atoms with E-state index >= 15 is 0 Å². The first-order chi connectivity index (χ1) is 25.9. The molecule has 2 saturated heterocycles. The molecule has 4 aromatic rings. The molecule has 0 spiro atoms. The monoisotopic (exact) mass is 745 g/mol. The van der Waals surface area contributed by atoms with E-state index in [4.69, 9.17) is 9.47 Å². The second kappa shape index (κ2) is 17.3. The van der Waals surface area contributed by atoms with Crippen molar-refractivity contribution in [2.45, 2.75) is 82.2 Å². The lowest BCUT2D eigenvalue weighted by atomic mass is 9.97. The second-order valence-electron chi connectivity index (χ2n) is 14.0. The zero-order valence-corrected chi connectivity index (χ0v) is 30.3. The number of hydrogen-bond acceptors (Lipinski definition) is 7. The summed E-state index contributed by atoms with van der Waals surface area (Å²) in [7, 11) is 1.97. The second-order valence-corrected chi connectivity index (χ2v) is 14.0. The minimum Gasteiger partial charge on any atom is -0.392 e. The molecule has 0 radical (unpaired) electrons. The molecule has 9 nitrogen and oxygen atoms in total. The van der Waals surface area contributed by atoms with Crippen LogP contribution in [0.15, 0.2) is 103 Å². The number of hydrogen-bond donors (Lipinski definition) is 3. The number of benzene rings is 4. The van der Waals surface area contributed by atoms with Gasteiger partial charge in [0, 0.05) is 37.7 Å². The minimum atomic E-state index is -5.04. The molecule has 286 valence electrons. The normalized spacial score (nSPS) is 21.5. The van der Waals surface area contributed by atoms with Gasteiger partial charge in [-0.15, -0.1) is 0 Å². The predicted octanol–water partition coefficient (Wildman–Crippen LogP) is 6.61. The number of amides is 2. The van der Waals surface area contributed by atoms with E-state index in [-0.39, 0.29) is 44.4 Å². The van der Waals surface area contributed by atoms with Crippen molar-refractivity contribution in [3.05, 3.63) is 131 Å². The average molecular weight is 746 g/mol. The molecule has 0 bridgehead atoms. The third-order valence-electron chi connectivity index (χ3n) is 10.4. The van der Waals surface area contributed by atoms with Crippen molar-refractivity contribution in [1.82, 2.24) is 15.1 Å². The third kappa shape index (κ3) is 9.19. The highest BCUT2D eigenvalue weighted by atomic mass is 19.4. The fraction of sp³-hybridized carbons (Fsp3) is 0.381. The van der Waals surface area contributed by atoms with Crippen molar-refractivity contribution in [3.8, 4) is 11.1 Å². The summed E-state index contributed by atoms with van der Waals surface area (Å²) in [4.78, 5) is 27.6. The van der Waals surface area contributed by atoms with Crippen LogP contribution in [-0.2, 0) is 32.2 Å². The molecule has 4 aromatic carbocycles. The molecule has 2 heterocycles. The van der Waals surface area contributed by atoms with Crippen LogP contribution in [0, 0.1) is 0 Å². The Kier molecular flexibility index (Phi) is 12.5. The molecule has 6 rings (SSSR count). The number of aliphatic hydroxyl groups is 2. The van der Waals surface area contributed by atoms with Gasteiger partial charge in [-0.25, -0.2) is 0 Å². The molecule has 0 aliphatic carbocycles. The Balaban J connectivity index is 1.17. The third-order valence-corrected chi connectivity index (χ3v) is 10.4. The van der Waals surface area contributed by atoms with Gasteiger partial charge in [-0.05, 0) is 60.2 Å². The van der Waals surface area contributed by atoms with Gasteiger partial charge in [-0.2, -0.15) is 13.2 Å². The van der Waals surface area contributed by atoms with Gasteiger partial charge in [-0.3, -0.25) is 14.5 Å². The maximum atomic E-state index is 13.1. The molecular weight excluding hydrogens is 699 g/mol. The van der Waals surface area contributed by atoms with Crippen LogP contribution in [-0.4, -0.2) is 76.3 Å². The summed E-state index contributed by atoms with van der Waals surface area (Å²) in [5.41, 5.74) is 5.84. The molecule has 2 fully saturated rings. The van der Waals surface area contributed by atoms with E-state index in [1.807, 2.05) is 117 Å². The fourth-order valence-electron chi connectivity index (χ4n) is 7.21. The van der Waals surface area contributed by atoms with E-state index in [2.05, 4.69) is 10.2 Å². The standard InChI is InChI=1S/C42H46F3N3O6/c1-27(38(50)31-9-4-3-5-10-31)47(2)25-34-23-37(30-16-14-28(26-49)15-17-30)54-40(53-34)32-20-18-29(19-21-32)35-12-7-6-11-33(35)24-46-39(51)36-13-8-22-48(36)41(52)42(43,44)45/h3-7,9-12,14-21,27,34,36-38,40,49-50H,8,13,22-26H2,1-2H3,(H,46,51)/t27-,34-,36+,37+,38-,40+/m1/s1. The SMILES string of the molecule is C[C@H]([C@@H](O)c1ccccc1)N(C)C[C@H]1C[C@@H](c2ccc(CO)cc2)O[C@@H](c2ccc(-c3ccccc3CNC(=O)[C@@H]3CCCN3C(=O)C(F)(F)F)cc2)O1. The summed E-state index contributed by atoms with van der Waals surface area (Å²) in [6, 6.07) is 31.0. The van der Waals surface area contributed by atoms with E-state index < -0.39 is 36.4 Å². The molecule has 0 saturated carbocycles. The minimum absolute atomic E-state index is 0.0590. The lowest BCUT2D eigenvalue weighted by Crippen LogP contribution is -2.50. The highest BCUT2D eigenvalue weighted by Crippen LogP contribution is 2.39. The van der Waals surface area contributed by atoms with Gasteiger partial charge in [0.25, 0.3) is 0 Å². The molecule has 0 aromatic heterocycles. The number of likely N-dealkylation sites (N-methyl/N-ethyl adjacent to an activating group) is 1. The van der Waals surface area contributed by atoms with Crippen LogP contribution in [0.4, 0.5) is 13.2 Å². The first kappa shape index (κ1) is 39.1. The lowest BCUT2D eigenvalue weighted by molar-refractivity contribution is -0.253. The number of halogens is 3. The van der Waals surface area contributed by atoms with Crippen LogP contribution in [0.25, 0.3) is 11.1 Å². The van der Waals surface area contributed by atoms with Crippen LogP contribution >= 0.6 is 0 Å². The van der Waals surface area contributed by atoms with Crippen molar-refractivity contribution in [3.63, 3.8) is 0 Å². The zero-order valence-electron chi connectivity index (χ0n) is 30.3. The number of rotatable bonds is 12. The molecule has 3 N–H and O–H groups in total. The summed E-state index contributed by atoms with van der Waals surface area (Å²) in [5, 5.41) is 23.4. The number of nitrogens with one attached hydrogen (secondary N) is 1. The van der Waals surface area contributed by atoms with E-state index in [1.165, 1.54) is 0 Å². The Morgan fingerprint density at radius 2 is 1.59 bits per heavy atom. The number of ether oxygens (including phenoxy) is 2. The molecule has 2 amide bonds. The maximum Gasteiger partial charge on any atom is 0.471 e. The van der Waals surface area contributed by atoms with E-state index in [9.17, 15) is 33.0 Å². The molecule has 6 atom stereocenters. The number of carbonyl (C=O) groups excluding carboxylic acids is 2. The number of carbonyl (C=O) groups is 2. The summed E-state index contributed by atoms with van der Waals surface area (Å²) >= 11 is 0. The Morgan fingerprint density at radius 3 is 2.28 bits per heavy atom. The van der Waals surface area contributed by atoms with E-state index in [0.717, 1.165) is 38.9 Å². The van der Waals surface area contributed by atoms with E-state index in [1.54, 1.807) is 0 Å². The molecular formula is C42H46F3N3O6. The van der Waals surface area contributed by atoms with Gasteiger partial charge in [0.2, 0.25) is 5.91 Å². The molecule has 2 aliphatic heterocycles. The van der Waals surface area contributed by atoms with E-state index in [0.29, 0.717) is 24.3 Å². The van der Waals surface area contributed by atoms with Crippen molar-refractivity contribution in [1.29, 1.82) is 0 Å². The predicted molar refractivity (Wildman–Crippen MR) is 196 cm³/mol. The van der Waals surface area contributed by atoms with Crippen LogP contribution in [0.5, 0.6) is 0 Å². The van der Waals surface area contributed by atoms with Gasteiger partial charge in [0.15, 0.2) is 6.29 Å². The summed E-state index contributed by atoms with van der Waals surface area (Å²) in [6.07, 6.45) is -5.90. The van der Waals surface area contributed by atoms with Crippen LogP contribution in [0.1, 0.15) is 72.5 Å². The quantitative estimate of drug-likeness (QED) is 0.150.